The first-order chi connectivity index (χ1) is 9.74. The zero-order valence-electron chi connectivity index (χ0n) is 10.4. The molecule has 0 amide bonds. The Morgan fingerprint density at radius 1 is 1.40 bits per heavy atom. The molecule has 0 aliphatic carbocycles. The van der Waals surface area contributed by atoms with Crippen LogP contribution in [0.4, 0.5) is 11.7 Å². The Balaban J connectivity index is 1.76. The van der Waals surface area contributed by atoms with Gasteiger partial charge in [0, 0.05) is 12.6 Å². The molecule has 1 N–H and O–H groups in total. The second kappa shape index (κ2) is 5.30. The van der Waals surface area contributed by atoms with Crippen molar-refractivity contribution >= 4 is 34.1 Å². The van der Waals surface area contributed by atoms with E-state index in [0.29, 0.717) is 18.1 Å². The predicted molar refractivity (Wildman–Crippen MR) is 77.2 cm³/mol. The van der Waals surface area contributed by atoms with Crippen molar-refractivity contribution in [3.8, 4) is 0 Å². The molecule has 20 heavy (non-hydrogen) atoms. The lowest BCUT2D eigenvalue weighted by Gasteiger charge is -1.98. The maximum Gasteiger partial charge on any atom is 0.298 e. The average molecular weight is 289 g/mol. The lowest BCUT2D eigenvalue weighted by atomic mass is 10.2. The van der Waals surface area contributed by atoms with Crippen LogP contribution in [0.1, 0.15) is 5.56 Å². The molecule has 0 unspecified atom stereocenters. The highest BCUT2D eigenvalue weighted by Crippen LogP contribution is 2.27. The van der Waals surface area contributed by atoms with Crippen LogP contribution in [-0.2, 0) is 6.42 Å². The third kappa shape index (κ3) is 2.48. The van der Waals surface area contributed by atoms with Crippen LogP contribution in [0.2, 0.25) is 0 Å². The van der Waals surface area contributed by atoms with Gasteiger partial charge in [0.25, 0.3) is 11.7 Å². The van der Waals surface area contributed by atoms with Crippen molar-refractivity contribution in [2.45, 2.75) is 6.42 Å². The number of non-ortho nitro benzene ring substituents is 1. The number of hydrogen-bond acceptors (Lipinski definition) is 6. The second-order valence-electron chi connectivity index (χ2n) is 4.21. The van der Waals surface area contributed by atoms with Crippen LogP contribution in [0.15, 0.2) is 39.4 Å². The fraction of sp³-hybridized carbons (Fsp3) is 0.154. The Bertz CT molecular complexity index is 736. The number of nitrogens with one attached hydrogen (secondary N) is 1. The Hall–Kier alpha value is -2.41. The molecule has 6 nitrogen and oxygen atoms in total. The molecule has 0 fully saturated rings. The van der Waals surface area contributed by atoms with Gasteiger partial charge in [-0.2, -0.15) is 16.3 Å². The molecule has 1 aromatic carbocycles. The van der Waals surface area contributed by atoms with Gasteiger partial charge in [0.1, 0.15) is 0 Å². The number of rotatable bonds is 5. The van der Waals surface area contributed by atoms with E-state index >= 15 is 0 Å². The van der Waals surface area contributed by atoms with Gasteiger partial charge in [0.05, 0.1) is 4.92 Å². The molecule has 0 saturated heterocycles. The van der Waals surface area contributed by atoms with E-state index in [9.17, 15) is 10.1 Å². The summed E-state index contributed by atoms with van der Waals surface area (Å²) in [6.45, 7) is 0.664. The summed E-state index contributed by atoms with van der Waals surface area (Å²) in [4.78, 5) is 14.6. The Morgan fingerprint density at radius 2 is 2.30 bits per heavy atom. The number of nitro benzene ring substituents is 1. The summed E-state index contributed by atoms with van der Waals surface area (Å²) in [5.74, 6) is 0. The van der Waals surface area contributed by atoms with E-state index in [2.05, 4.69) is 21.7 Å². The van der Waals surface area contributed by atoms with Gasteiger partial charge in [-0.1, -0.05) is 6.07 Å². The van der Waals surface area contributed by atoms with Gasteiger partial charge in [-0.25, -0.2) is 0 Å². The molecule has 0 saturated carbocycles. The molecule has 0 spiro atoms. The highest BCUT2D eigenvalue weighted by atomic mass is 32.1. The molecular weight excluding hydrogens is 278 g/mol. The van der Waals surface area contributed by atoms with Gasteiger partial charge in [0.15, 0.2) is 11.1 Å². The van der Waals surface area contributed by atoms with Crippen LogP contribution in [0.5, 0.6) is 0 Å². The van der Waals surface area contributed by atoms with Crippen molar-refractivity contribution in [3.63, 3.8) is 0 Å². The largest absolute Gasteiger partial charge is 0.423 e. The highest BCUT2D eigenvalue weighted by molar-refractivity contribution is 7.07. The first-order valence-electron chi connectivity index (χ1n) is 6.03. The number of thiophene rings is 1. The molecular formula is C13H11N3O3S. The summed E-state index contributed by atoms with van der Waals surface area (Å²) in [6.07, 6.45) is 0.852. The van der Waals surface area contributed by atoms with Crippen LogP contribution >= 0.6 is 11.3 Å². The topological polar surface area (TPSA) is 81.2 Å². The predicted octanol–water partition coefficient (Wildman–Crippen LogP) is 3.45. The number of aromatic nitrogens is 1. The quantitative estimate of drug-likeness (QED) is 0.574. The number of benzene rings is 1. The van der Waals surface area contributed by atoms with Crippen LogP contribution in [0.25, 0.3) is 11.1 Å². The fourth-order valence-electron chi connectivity index (χ4n) is 1.91. The number of fused-ring (bicyclic) bond motifs is 1. The Labute approximate surface area is 118 Å². The summed E-state index contributed by atoms with van der Waals surface area (Å²) < 4.78 is 5.45. The molecule has 0 aliphatic heterocycles. The third-order valence-corrected chi connectivity index (χ3v) is 3.60. The lowest BCUT2D eigenvalue weighted by Crippen LogP contribution is -2.04. The van der Waals surface area contributed by atoms with Gasteiger partial charge in [-0.15, -0.1) is 0 Å². The van der Waals surface area contributed by atoms with Crippen LogP contribution in [-0.4, -0.2) is 16.5 Å². The minimum Gasteiger partial charge on any atom is -0.423 e. The fourth-order valence-corrected chi connectivity index (χ4v) is 2.61. The molecule has 2 heterocycles. The van der Waals surface area contributed by atoms with Gasteiger partial charge in [-0.05, 0) is 34.9 Å². The second-order valence-corrected chi connectivity index (χ2v) is 4.99. The van der Waals surface area contributed by atoms with E-state index < -0.39 is 4.92 Å². The van der Waals surface area contributed by atoms with E-state index in [-0.39, 0.29) is 11.2 Å². The number of anilines is 1. The molecule has 7 heteroatoms. The smallest absolute Gasteiger partial charge is 0.298 e. The zero-order chi connectivity index (χ0) is 13.9. The molecule has 2 aromatic heterocycles. The van der Waals surface area contributed by atoms with Crippen molar-refractivity contribution in [2.24, 2.45) is 0 Å². The van der Waals surface area contributed by atoms with Crippen molar-refractivity contribution in [1.29, 1.82) is 0 Å². The zero-order valence-corrected chi connectivity index (χ0v) is 11.2. The van der Waals surface area contributed by atoms with Crippen LogP contribution in [0.3, 0.4) is 0 Å². The normalized spacial score (nSPS) is 10.8. The minimum atomic E-state index is -0.458. The van der Waals surface area contributed by atoms with Gasteiger partial charge >= 0.3 is 0 Å². The minimum absolute atomic E-state index is 0.0443. The Morgan fingerprint density at radius 3 is 3.05 bits per heavy atom. The van der Waals surface area contributed by atoms with Gasteiger partial charge in [-0.3, -0.25) is 10.1 Å². The number of nitro groups is 1. The third-order valence-electron chi connectivity index (χ3n) is 2.86. The highest BCUT2D eigenvalue weighted by Gasteiger charge is 2.16. The molecule has 102 valence electrons. The van der Waals surface area contributed by atoms with Crippen LogP contribution < -0.4 is 5.32 Å². The number of nitrogens with zero attached hydrogens (tertiary/aromatic N) is 2. The monoisotopic (exact) mass is 289 g/mol. The molecule has 0 aliphatic rings. The maximum atomic E-state index is 10.9. The Kier molecular flexibility index (Phi) is 3.34. The van der Waals surface area contributed by atoms with E-state index in [1.54, 1.807) is 23.5 Å². The molecule has 0 atom stereocenters. The summed E-state index contributed by atoms with van der Waals surface area (Å²) in [6, 6.07) is 7.04. The summed E-state index contributed by atoms with van der Waals surface area (Å²) in [7, 11) is 0. The van der Waals surface area contributed by atoms with E-state index in [4.69, 9.17) is 4.42 Å². The van der Waals surface area contributed by atoms with Gasteiger partial charge in [0.2, 0.25) is 0 Å². The van der Waals surface area contributed by atoms with Gasteiger partial charge < -0.3 is 9.73 Å². The van der Waals surface area contributed by atoms with Crippen molar-refractivity contribution < 1.29 is 9.34 Å². The SMILES string of the molecule is O=[N+]([O-])c1cccc2oc(NCCc3ccsc3)nc12. The molecule has 3 aromatic rings. The maximum absolute atomic E-state index is 10.9. The summed E-state index contributed by atoms with van der Waals surface area (Å²) in [5, 5.41) is 18.0. The van der Waals surface area contributed by atoms with Crippen molar-refractivity contribution in [2.75, 3.05) is 11.9 Å². The molecule has 0 bridgehead atoms. The first-order valence-corrected chi connectivity index (χ1v) is 6.97. The summed E-state index contributed by atoms with van der Waals surface area (Å²) in [5.41, 5.74) is 1.88. The van der Waals surface area contributed by atoms with Crippen molar-refractivity contribution in [3.05, 3.63) is 50.7 Å². The average Bonchev–Trinajstić information content (AvgIpc) is 3.06. The first kappa shape index (κ1) is 12.6. The lowest BCUT2D eigenvalue weighted by molar-refractivity contribution is -0.383. The van der Waals surface area contributed by atoms with Crippen molar-refractivity contribution in [1.82, 2.24) is 4.98 Å². The number of para-hydroxylation sites is 1. The van der Waals surface area contributed by atoms with E-state index in [0.717, 1.165) is 6.42 Å². The van der Waals surface area contributed by atoms with E-state index in [1.807, 2.05) is 5.38 Å². The molecule has 3 rings (SSSR count). The van der Waals surface area contributed by atoms with E-state index in [1.165, 1.54) is 11.6 Å². The standard InChI is InChI=1S/C13H11N3O3S/c17-16(18)10-2-1-3-11-12(10)15-13(19-11)14-6-4-9-5-7-20-8-9/h1-3,5,7-8H,4,6H2,(H,14,15). The van der Waals surface area contributed by atoms with Crippen LogP contribution in [0, 0.1) is 10.1 Å². The number of hydrogen-bond donors (Lipinski definition) is 1. The number of oxazole rings is 1. The summed E-state index contributed by atoms with van der Waals surface area (Å²) >= 11 is 1.65. The molecule has 0 radical (unpaired) electrons.